The van der Waals surface area contributed by atoms with Crippen molar-refractivity contribution in [3.05, 3.63) is 60.8 Å². The second kappa shape index (κ2) is 57.8. The third-order valence-electron chi connectivity index (χ3n) is 15.9. The van der Waals surface area contributed by atoms with Gasteiger partial charge in [-0.05, 0) is 70.6 Å². The van der Waals surface area contributed by atoms with Crippen LogP contribution in [0.2, 0.25) is 0 Å². The molecule has 0 aliphatic carbocycles. The highest BCUT2D eigenvalue weighted by atomic mass is 16.7. The number of carbonyl (C=O) groups excluding carboxylic acids is 2. The molecule has 8 atom stereocenters. The molecule has 0 radical (unpaired) electrons. The van der Waals surface area contributed by atoms with Crippen LogP contribution in [0.25, 0.3) is 0 Å². The summed E-state index contributed by atoms with van der Waals surface area (Å²) in [6, 6.07) is -1.03. The lowest BCUT2D eigenvalue weighted by molar-refractivity contribution is -0.305. The SMILES string of the molecule is CCCCC/C=C\C/C=C\C/C=C\C/C=C\CCCCCCCCCCC(O)C(=O)NC(COC1OC(CO)C(O)C(O)C1OC(=O)CCCCCCCCCCCCCCCCC)C(O)/C=C/CCCCCCCCCCCCC. The van der Waals surface area contributed by atoms with E-state index in [2.05, 4.69) is 74.7 Å². The second-order valence-corrected chi connectivity index (χ2v) is 23.6. The highest BCUT2D eigenvalue weighted by molar-refractivity contribution is 5.80. The van der Waals surface area contributed by atoms with Gasteiger partial charge in [-0.1, -0.05) is 293 Å². The smallest absolute Gasteiger partial charge is 0.306 e. The van der Waals surface area contributed by atoms with E-state index in [0.29, 0.717) is 12.8 Å². The zero-order valence-corrected chi connectivity index (χ0v) is 52.4. The fraction of sp³-hybridized carbons (Fsp3) is 0.829. The summed E-state index contributed by atoms with van der Waals surface area (Å²) in [6.07, 6.45) is 62.5. The van der Waals surface area contributed by atoms with E-state index in [1.54, 1.807) is 6.08 Å². The number of nitrogens with one attached hydrogen (secondary N) is 1. The number of esters is 1. The van der Waals surface area contributed by atoms with Gasteiger partial charge in [0.15, 0.2) is 12.4 Å². The number of hydrogen-bond acceptors (Lipinski definition) is 10. The molecule has 1 amide bonds. The van der Waals surface area contributed by atoms with Crippen LogP contribution in [0.4, 0.5) is 0 Å². The molecule has 0 aromatic heterocycles. The van der Waals surface area contributed by atoms with Crippen molar-refractivity contribution in [2.45, 2.75) is 359 Å². The van der Waals surface area contributed by atoms with Gasteiger partial charge >= 0.3 is 5.97 Å². The molecule has 11 heteroatoms. The first-order chi connectivity index (χ1) is 39.7. The summed E-state index contributed by atoms with van der Waals surface area (Å²) in [6.45, 7) is 5.79. The van der Waals surface area contributed by atoms with Gasteiger partial charge in [0.25, 0.3) is 0 Å². The van der Waals surface area contributed by atoms with Crippen LogP contribution in [0.1, 0.15) is 310 Å². The third kappa shape index (κ3) is 45.4. The van der Waals surface area contributed by atoms with E-state index in [9.17, 15) is 35.1 Å². The first-order valence-electron chi connectivity index (χ1n) is 34.1. The molecular weight excluding hydrogens is 1010 g/mol. The number of rotatable bonds is 58. The van der Waals surface area contributed by atoms with E-state index in [1.807, 2.05) is 6.08 Å². The van der Waals surface area contributed by atoms with Crippen molar-refractivity contribution in [2.75, 3.05) is 13.2 Å². The molecule has 0 spiro atoms. The molecule has 1 aliphatic rings. The lowest BCUT2D eigenvalue weighted by Gasteiger charge is -2.41. The van der Waals surface area contributed by atoms with Gasteiger partial charge in [0.05, 0.1) is 25.4 Å². The Morgan fingerprint density at radius 3 is 1.30 bits per heavy atom. The van der Waals surface area contributed by atoms with Gasteiger partial charge in [-0.15, -0.1) is 0 Å². The summed E-state index contributed by atoms with van der Waals surface area (Å²) in [5.41, 5.74) is 0. The third-order valence-corrected chi connectivity index (χ3v) is 15.9. The van der Waals surface area contributed by atoms with Gasteiger partial charge in [0, 0.05) is 6.42 Å². The van der Waals surface area contributed by atoms with Crippen LogP contribution in [0, 0.1) is 0 Å². The summed E-state index contributed by atoms with van der Waals surface area (Å²) in [4.78, 5) is 26.6. The van der Waals surface area contributed by atoms with Gasteiger partial charge in [-0.3, -0.25) is 9.59 Å². The van der Waals surface area contributed by atoms with Crippen LogP contribution < -0.4 is 5.32 Å². The van der Waals surface area contributed by atoms with Gasteiger partial charge in [0.2, 0.25) is 5.91 Å². The minimum Gasteiger partial charge on any atom is -0.454 e. The number of aliphatic hydroxyl groups is 5. The van der Waals surface area contributed by atoms with Gasteiger partial charge in [0.1, 0.15) is 24.4 Å². The fourth-order valence-corrected chi connectivity index (χ4v) is 10.5. The molecule has 1 fully saturated rings. The maximum absolute atomic E-state index is 13.5. The lowest BCUT2D eigenvalue weighted by Crippen LogP contribution is -2.61. The zero-order valence-electron chi connectivity index (χ0n) is 52.4. The number of hydrogen-bond donors (Lipinski definition) is 6. The van der Waals surface area contributed by atoms with E-state index in [-0.39, 0.29) is 19.4 Å². The Labute approximate surface area is 497 Å². The molecule has 0 aromatic rings. The number of aliphatic hydroxyl groups excluding tert-OH is 5. The molecule has 1 saturated heterocycles. The Morgan fingerprint density at radius 2 is 0.852 bits per heavy atom. The monoisotopic (exact) mass is 1140 g/mol. The van der Waals surface area contributed by atoms with E-state index in [0.717, 1.165) is 83.5 Å². The highest BCUT2D eigenvalue weighted by Gasteiger charge is 2.47. The number of carbonyl (C=O) groups is 2. The second-order valence-electron chi connectivity index (χ2n) is 23.6. The maximum atomic E-state index is 13.5. The standard InChI is InChI=1S/C70H127NO10/c1-4-7-10-13-16-19-22-25-27-28-29-30-31-32-33-34-35-37-39-42-45-48-51-54-57-63(74)69(78)71-61(62(73)56-53-50-47-44-41-38-24-21-18-15-12-9-6-3)60-79-70-68(67(77)66(76)64(59-72)80-70)81-65(75)58-55-52-49-46-43-40-36-26-23-20-17-14-11-8-5-2/h16,19,25,27,29-30,32-33,53,56,61-64,66-68,70,72-74,76-77H,4-15,17-18,20-24,26,28,31,34-52,54-55,57-60H2,1-3H3,(H,71,78)/b19-16-,27-25-,30-29-,33-32-,56-53+. The van der Waals surface area contributed by atoms with Crippen LogP contribution >= 0.6 is 0 Å². The van der Waals surface area contributed by atoms with Gasteiger partial charge in [-0.25, -0.2) is 0 Å². The van der Waals surface area contributed by atoms with E-state index in [4.69, 9.17) is 14.2 Å². The fourth-order valence-electron chi connectivity index (χ4n) is 10.5. The van der Waals surface area contributed by atoms with Crippen LogP contribution in [0.15, 0.2) is 60.8 Å². The lowest BCUT2D eigenvalue weighted by atomic mass is 9.99. The molecular formula is C70H127NO10. The summed E-state index contributed by atoms with van der Waals surface area (Å²) >= 11 is 0. The average Bonchev–Trinajstić information content (AvgIpc) is 3.46. The molecule has 11 nitrogen and oxygen atoms in total. The van der Waals surface area contributed by atoms with E-state index in [1.165, 1.54) is 180 Å². The van der Waals surface area contributed by atoms with Crippen molar-refractivity contribution in [3.63, 3.8) is 0 Å². The van der Waals surface area contributed by atoms with Crippen molar-refractivity contribution < 1.29 is 49.3 Å². The predicted molar refractivity (Wildman–Crippen MR) is 338 cm³/mol. The molecule has 0 aromatic carbocycles. The summed E-state index contributed by atoms with van der Waals surface area (Å²) in [7, 11) is 0. The largest absolute Gasteiger partial charge is 0.454 e. The molecule has 1 heterocycles. The van der Waals surface area contributed by atoms with Crippen molar-refractivity contribution in [2.24, 2.45) is 0 Å². The van der Waals surface area contributed by atoms with Crippen molar-refractivity contribution in [1.29, 1.82) is 0 Å². The van der Waals surface area contributed by atoms with Crippen molar-refractivity contribution in [3.8, 4) is 0 Å². The van der Waals surface area contributed by atoms with Gasteiger partial charge in [-0.2, -0.15) is 0 Å². The van der Waals surface area contributed by atoms with E-state index >= 15 is 0 Å². The Bertz CT molecular complexity index is 1550. The Kier molecular flexibility index (Phi) is 54.5. The van der Waals surface area contributed by atoms with Crippen molar-refractivity contribution >= 4 is 11.9 Å². The first-order valence-corrected chi connectivity index (χ1v) is 34.1. The molecule has 1 rings (SSSR count). The van der Waals surface area contributed by atoms with E-state index < -0.39 is 67.4 Å². The van der Waals surface area contributed by atoms with Crippen LogP contribution in [-0.4, -0.2) is 99.6 Å². The average molecular weight is 1140 g/mol. The summed E-state index contributed by atoms with van der Waals surface area (Å²) < 4.78 is 17.7. The number of unbranched alkanes of at least 4 members (excludes halogenated alkanes) is 36. The molecule has 6 N–H and O–H groups in total. The number of ether oxygens (including phenoxy) is 3. The number of amides is 1. The normalized spacial score (nSPS) is 19.0. The minimum atomic E-state index is -1.61. The van der Waals surface area contributed by atoms with Crippen LogP contribution in [0.3, 0.4) is 0 Å². The van der Waals surface area contributed by atoms with Crippen molar-refractivity contribution in [1.82, 2.24) is 5.32 Å². The first kappa shape index (κ1) is 76.4. The van der Waals surface area contributed by atoms with Crippen LogP contribution in [-0.2, 0) is 23.8 Å². The minimum absolute atomic E-state index is 0.126. The summed E-state index contributed by atoms with van der Waals surface area (Å²) in [5, 5.41) is 57.1. The maximum Gasteiger partial charge on any atom is 0.306 e. The Hall–Kier alpha value is -2.64. The quantitative estimate of drug-likeness (QED) is 0.0195. The number of allylic oxidation sites excluding steroid dienone is 9. The van der Waals surface area contributed by atoms with Crippen LogP contribution in [0.5, 0.6) is 0 Å². The zero-order chi connectivity index (χ0) is 58.9. The molecule has 8 unspecified atom stereocenters. The molecule has 0 bridgehead atoms. The topological polar surface area (TPSA) is 175 Å². The molecule has 472 valence electrons. The molecule has 1 aliphatic heterocycles. The Balaban J connectivity index is 2.62. The Morgan fingerprint density at radius 1 is 0.481 bits per heavy atom. The highest BCUT2D eigenvalue weighted by Crippen LogP contribution is 2.26. The predicted octanol–water partition coefficient (Wildman–Crippen LogP) is 17.0. The summed E-state index contributed by atoms with van der Waals surface area (Å²) in [5.74, 6) is -1.19. The molecule has 0 saturated carbocycles. The molecule has 81 heavy (non-hydrogen) atoms. The van der Waals surface area contributed by atoms with Gasteiger partial charge < -0.3 is 45.1 Å².